The lowest BCUT2D eigenvalue weighted by Gasteiger charge is -2.26. The van der Waals surface area contributed by atoms with Crippen molar-refractivity contribution >= 4 is 11.7 Å². The van der Waals surface area contributed by atoms with Crippen LogP contribution in [0.25, 0.3) is 0 Å². The van der Waals surface area contributed by atoms with Gasteiger partial charge in [-0.3, -0.25) is 0 Å². The first-order chi connectivity index (χ1) is 11.6. The van der Waals surface area contributed by atoms with Gasteiger partial charge in [0, 0.05) is 6.54 Å². The summed E-state index contributed by atoms with van der Waals surface area (Å²) in [7, 11) is 1.62. The van der Waals surface area contributed by atoms with E-state index in [1.807, 2.05) is 30.0 Å². The van der Waals surface area contributed by atoms with E-state index in [1.165, 1.54) is 11.1 Å². The third-order valence-electron chi connectivity index (χ3n) is 4.57. The molecule has 1 unspecified atom stereocenters. The molecular weight excluding hydrogens is 300 g/mol. The third kappa shape index (κ3) is 3.37. The molecule has 4 nitrogen and oxygen atoms in total. The summed E-state index contributed by atoms with van der Waals surface area (Å²) in [5, 5.41) is 3.02. The van der Waals surface area contributed by atoms with Crippen molar-refractivity contribution in [3.63, 3.8) is 0 Å². The summed E-state index contributed by atoms with van der Waals surface area (Å²) in [6.45, 7) is 4.85. The zero-order valence-electron chi connectivity index (χ0n) is 14.5. The number of aryl methyl sites for hydroxylation is 2. The molecule has 0 bridgehead atoms. The molecule has 0 saturated carbocycles. The molecule has 24 heavy (non-hydrogen) atoms. The number of nitrogens with one attached hydrogen (secondary N) is 1. The van der Waals surface area contributed by atoms with E-state index < -0.39 is 0 Å². The minimum Gasteiger partial charge on any atom is -0.495 e. The van der Waals surface area contributed by atoms with Gasteiger partial charge in [0.25, 0.3) is 0 Å². The van der Waals surface area contributed by atoms with Gasteiger partial charge in [0.2, 0.25) is 0 Å². The largest absolute Gasteiger partial charge is 0.495 e. The summed E-state index contributed by atoms with van der Waals surface area (Å²) < 4.78 is 5.36. The number of ether oxygens (including phenoxy) is 1. The van der Waals surface area contributed by atoms with E-state index in [1.54, 1.807) is 7.11 Å². The highest BCUT2D eigenvalue weighted by Gasteiger charge is 2.30. The van der Waals surface area contributed by atoms with E-state index in [2.05, 4.69) is 36.5 Å². The highest BCUT2D eigenvalue weighted by molar-refractivity contribution is 5.91. The Morgan fingerprint density at radius 2 is 1.83 bits per heavy atom. The first-order valence-corrected chi connectivity index (χ1v) is 8.37. The number of rotatable bonds is 3. The van der Waals surface area contributed by atoms with E-state index >= 15 is 0 Å². The molecule has 1 atom stereocenters. The van der Waals surface area contributed by atoms with Crippen molar-refractivity contribution in [1.29, 1.82) is 0 Å². The Bertz CT molecular complexity index is 725. The lowest BCUT2D eigenvalue weighted by molar-refractivity contribution is 0.207. The molecule has 0 aliphatic carbocycles. The lowest BCUT2D eigenvalue weighted by atomic mass is 10.0. The normalized spacial score (nSPS) is 17.0. The molecule has 0 spiro atoms. The highest BCUT2D eigenvalue weighted by Crippen LogP contribution is 2.33. The predicted molar refractivity (Wildman–Crippen MR) is 96.6 cm³/mol. The molecule has 2 aromatic rings. The van der Waals surface area contributed by atoms with Crippen LogP contribution in [0.3, 0.4) is 0 Å². The number of carbonyl (C=O) groups excluding carboxylic acids is 1. The minimum absolute atomic E-state index is 0.0676. The molecule has 1 aliphatic heterocycles. The second-order valence-electron chi connectivity index (χ2n) is 6.40. The first-order valence-electron chi connectivity index (χ1n) is 8.37. The van der Waals surface area contributed by atoms with Crippen molar-refractivity contribution < 1.29 is 9.53 Å². The van der Waals surface area contributed by atoms with Crippen molar-refractivity contribution in [3.05, 3.63) is 59.2 Å². The van der Waals surface area contributed by atoms with E-state index in [9.17, 15) is 4.79 Å². The van der Waals surface area contributed by atoms with Gasteiger partial charge in [-0.1, -0.05) is 35.9 Å². The van der Waals surface area contributed by atoms with Gasteiger partial charge in [-0.25, -0.2) is 4.79 Å². The Kier molecular flexibility index (Phi) is 4.74. The molecular formula is C20H24N2O2. The van der Waals surface area contributed by atoms with Crippen LogP contribution in [0, 0.1) is 13.8 Å². The van der Waals surface area contributed by atoms with Crippen molar-refractivity contribution in [2.45, 2.75) is 32.7 Å². The number of hydrogen-bond donors (Lipinski definition) is 1. The Labute approximate surface area is 143 Å². The van der Waals surface area contributed by atoms with Gasteiger partial charge < -0.3 is 15.0 Å². The van der Waals surface area contributed by atoms with Crippen LogP contribution in [0.1, 0.15) is 35.6 Å². The maximum atomic E-state index is 12.8. The summed E-state index contributed by atoms with van der Waals surface area (Å²) in [5.41, 5.74) is 4.24. The van der Waals surface area contributed by atoms with Gasteiger partial charge in [-0.05, 0) is 49.9 Å². The number of carbonyl (C=O) groups is 1. The zero-order chi connectivity index (χ0) is 17.1. The van der Waals surface area contributed by atoms with Crippen LogP contribution >= 0.6 is 0 Å². The monoisotopic (exact) mass is 324 g/mol. The highest BCUT2D eigenvalue weighted by atomic mass is 16.5. The fourth-order valence-corrected chi connectivity index (χ4v) is 3.25. The smallest absolute Gasteiger partial charge is 0.322 e. The zero-order valence-corrected chi connectivity index (χ0v) is 14.5. The van der Waals surface area contributed by atoms with E-state index in [0.29, 0.717) is 5.75 Å². The fourth-order valence-electron chi connectivity index (χ4n) is 3.25. The maximum Gasteiger partial charge on any atom is 0.322 e. The SMILES string of the molecule is COc1ccc(C)cc1NC(=O)N1CCCC1c1ccc(C)cc1. The van der Waals surface area contributed by atoms with Gasteiger partial charge in [0.05, 0.1) is 18.8 Å². The molecule has 126 valence electrons. The lowest BCUT2D eigenvalue weighted by Crippen LogP contribution is -2.34. The maximum absolute atomic E-state index is 12.8. The Morgan fingerprint density at radius 1 is 1.12 bits per heavy atom. The number of anilines is 1. The number of hydrogen-bond acceptors (Lipinski definition) is 2. The van der Waals surface area contributed by atoms with Gasteiger partial charge in [0.1, 0.15) is 5.75 Å². The van der Waals surface area contributed by atoms with Gasteiger partial charge in [0.15, 0.2) is 0 Å². The summed E-state index contributed by atoms with van der Waals surface area (Å²) in [5.74, 6) is 0.681. The molecule has 0 radical (unpaired) electrons. The average Bonchev–Trinajstić information content (AvgIpc) is 3.05. The number of likely N-dealkylation sites (tertiary alicyclic amines) is 1. The molecule has 2 amide bonds. The third-order valence-corrected chi connectivity index (χ3v) is 4.57. The van der Waals surface area contributed by atoms with Gasteiger partial charge >= 0.3 is 6.03 Å². The first kappa shape index (κ1) is 16.4. The number of benzene rings is 2. The number of methoxy groups -OCH3 is 1. The van der Waals surface area contributed by atoms with E-state index in [4.69, 9.17) is 4.74 Å². The summed E-state index contributed by atoms with van der Waals surface area (Å²) >= 11 is 0. The molecule has 1 heterocycles. The Hall–Kier alpha value is -2.49. The van der Waals surface area contributed by atoms with Crippen molar-refractivity contribution in [1.82, 2.24) is 4.90 Å². The van der Waals surface area contributed by atoms with E-state index in [-0.39, 0.29) is 12.1 Å². The van der Waals surface area contributed by atoms with Crippen LogP contribution in [0.2, 0.25) is 0 Å². The second-order valence-corrected chi connectivity index (χ2v) is 6.40. The van der Waals surface area contributed by atoms with Crippen LogP contribution in [-0.2, 0) is 0 Å². The van der Waals surface area contributed by atoms with Crippen molar-refractivity contribution in [2.75, 3.05) is 19.0 Å². The van der Waals surface area contributed by atoms with Gasteiger partial charge in [-0.15, -0.1) is 0 Å². The molecule has 1 N–H and O–H groups in total. The summed E-state index contributed by atoms with van der Waals surface area (Å²) in [6, 6.07) is 14.3. The van der Waals surface area contributed by atoms with Crippen LogP contribution in [-0.4, -0.2) is 24.6 Å². The molecule has 4 heteroatoms. The van der Waals surface area contributed by atoms with Crippen LogP contribution < -0.4 is 10.1 Å². The molecule has 3 rings (SSSR count). The quantitative estimate of drug-likeness (QED) is 0.890. The second kappa shape index (κ2) is 6.95. The van der Waals surface area contributed by atoms with Crippen LogP contribution in [0.15, 0.2) is 42.5 Å². The van der Waals surface area contributed by atoms with Crippen molar-refractivity contribution in [2.24, 2.45) is 0 Å². The van der Waals surface area contributed by atoms with Crippen LogP contribution in [0.5, 0.6) is 5.75 Å². The number of nitrogens with zero attached hydrogens (tertiary/aromatic N) is 1. The number of urea groups is 1. The summed E-state index contributed by atoms with van der Waals surface area (Å²) in [4.78, 5) is 14.7. The average molecular weight is 324 g/mol. The molecule has 2 aromatic carbocycles. The standard InChI is InChI=1S/C20H24N2O2/c1-14-6-9-16(10-7-14)18-5-4-12-22(18)20(23)21-17-13-15(2)8-11-19(17)24-3/h6-11,13,18H,4-5,12H2,1-3H3,(H,21,23). The number of amides is 2. The molecule has 1 saturated heterocycles. The van der Waals surface area contributed by atoms with Crippen molar-refractivity contribution in [3.8, 4) is 5.75 Å². The Balaban J connectivity index is 1.79. The fraction of sp³-hybridized carbons (Fsp3) is 0.350. The van der Waals surface area contributed by atoms with Crippen LogP contribution in [0.4, 0.5) is 10.5 Å². The predicted octanol–water partition coefficient (Wildman–Crippen LogP) is 4.68. The molecule has 1 fully saturated rings. The minimum atomic E-state index is -0.0676. The van der Waals surface area contributed by atoms with Gasteiger partial charge in [-0.2, -0.15) is 0 Å². The van der Waals surface area contributed by atoms with E-state index in [0.717, 1.165) is 30.6 Å². The Morgan fingerprint density at radius 3 is 2.54 bits per heavy atom. The molecule has 0 aromatic heterocycles. The topological polar surface area (TPSA) is 41.6 Å². The molecule has 1 aliphatic rings. The summed E-state index contributed by atoms with van der Waals surface area (Å²) in [6.07, 6.45) is 2.03.